The van der Waals surface area contributed by atoms with Crippen LogP contribution < -0.4 is 0 Å². The lowest BCUT2D eigenvalue weighted by molar-refractivity contribution is -0.137. The number of carbonyl (C=O) groups excluding carboxylic acids is 2. The summed E-state index contributed by atoms with van der Waals surface area (Å²) in [5.74, 6) is -1.48. The fourth-order valence-corrected chi connectivity index (χ4v) is 2.52. The second kappa shape index (κ2) is 6.62. The molecule has 0 saturated heterocycles. The lowest BCUT2D eigenvalue weighted by Crippen LogP contribution is -2.16. The Hall–Kier alpha value is -3.16. The number of nitrogens with zero attached hydrogens (tertiary/aromatic N) is 2. The molecule has 5 nitrogen and oxygen atoms in total. The first-order chi connectivity index (χ1) is 12.3. The van der Waals surface area contributed by atoms with Gasteiger partial charge in [-0.1, -0.05) is 24.3 Å². The molecule has 2 aromatic carbocycles. The third-order valence-corrected chi connectivity index (χ3v) is 3.69. The molecule has 0 aliphatic rings. The Kier molecular flexibility index (Phi) is 4.50. The molecular formula is C18H13F3N2O3. The molecular weight excluding hydrogens is 349 g/mol. The summed E-state index contributed by atoms with van der Waals surface area (Å²) < 4.78 is 44.5. The van der Waals surface area contributed by atoms with Crippen molar-refractivity contribution in [2.24, 2.45) is 0 Å². The number of esters is 1. The summed E-state index contributed by atoms with van der Waals surface area (Å²) in [6.07, 6.45) is -4.57. The normalized spacial score (nSPS) is 11.5. The average molecular weight is 362 g/mol. The van der Waals surface area contributed by atoms with Gasteiger partial charge >= 0.3 is 12.1 Å². The number of halogens is 3. The van der Waals surface area contributed by atoms with Gasteiger partial charge in [0.1, 0.15) is 0 Å². The predicted octanol–water partition coefficient (Wildman–Crippen LogP) is 3.92. The average Bonchev–Trinajstić information content (AvgIpc) is 3.00. The zero-order valence-corrected chi connectivity index (χ0v) is 13.6. The Bertz CT molecular complexity index is 993. The first kappa shape index (κ1) is 17.7. The number of ether oxygens (including phenoxy) is 1. The van der Waals surface area contributed by atoms with Gasteiger partial charge in [-0.15, -0.1) is 0 Å². The van der Waals surface area contributed by atoms with Gasteiger partial charge < -0.3 is 4.74 Å². The quantitative estimate of drug-likeness (QED) is 0.663. The van der Waals surface area contributed by atoms with Gasteiger partial charge in [0.15, 0.2) is 5.69 Å². The third-order valence-electron chi connectivity index (χ3n) is 3.69. The van der Waals surface area contributed by atoms with Crippen molar-refractivity contribution in [3.8, 4) is 0 Å². The van der Waals surface area contributed by atoms with E-state index in [0.717, 1.165) is 22.9 Å². The van der Waals surface area contributed by atoms with E-state index in [-0.39, 0.29) is 17.9 Å². The topological polar surface area (TPSA) is 61.2 Å². The number of hydrogen-bond donors (Lipinski definition) is 0. The summed E-state index contributed by atoms with van der Waals surface area (Å²) in [5.41, 5.74) is -0.894. The molecule has 26 heavy (non-hydrogen) atoms. The minimum Gasteiger partial charge on any atom is -0.461 e. The SMILES string of the molecule is CCOC(=O)c1nn(C(=O)c2cccc(C(F)(F)F)c2)c2ccccc12. The highest BCUT2D eigenvalue weighted by Gasteiger charge is 2.31. The van der Waals surface area contributed by atoms with E-state index in [4.69, 9.17) is 4.74 Å². The molecule has 0 radical (unpaired) electrons. The Labute approximate surface area is 146 Å². The Balaban J connectivity index is 2.11. The van der Waals surface area contributed by atoms with Crippen LogP contribution in [0.1, 0.15) is 33.3 Å². The van der Waals surface area contributed by atoms with E-state index in [9.17, 15) is 22.8 Å². The van der Waals surface area contributed by atoms with Gasteiger partial charge in [0, 0.05) is 10.9 Å². The number of hydrogen-bond acceptors (Lipinski definition) is 4. The molecule has 1 heterocycles. The van der Waals surface area contributed by atoms with Crippen molar-refractivity contribution in [1.29, 1.82) is 0 Å². The molecule has 0 aliphatic carbocycles. The minimum atomic E-state index is -4.57. The lowest BCUT2D eigenvalue weighted by Gasteiger charge is -2.08. The van der Waals surface area contributed by atoms with Gasteiger partial charge in [-0.3, -0.25) is 4.79 Å². The van der Waals surface area contributed by atoms with Gasteiger partial charge in [0.2, 0.25) is 0 Å². The molecule has 0 saturated carbocycles. The summed E-state index contributed by atoms with van der Waals surface area (Å²) in [5, 5.41) is 4.37. The minimum absolute atomic E-state index is 0.0669. The zero-order chi connectivity index (χ0) is 18.9. The van der Waals surface area contributed by atoms with Crippen LogP contribution in [0.15, 0.2) is 48.5 Å². The summed E-state index contributed by atoms with van der Waals surface area (Å²) in [6, 6.07) is 10.5. The van der Waals surface area contributed by atoms with Crippen LogP contribution in [0.25, 0.3) is 10.9 Å². The van der Waals surface area contributed by atoms with Gasteiger partial charge in [0.25, 0.3) is 5.91 Å². The molecule has 8 heteroatoms. The molecule has 0 N–H and O–H groups in total. The number of alkyl halides is 3. The van der Waals surface area contributed by atoms with Crippen molar-refractivity contribution in [2.75, 3.05) is 6.61 Å². The lowest BCUT2D eigenvalue weighted by atomic mass is 10.1. The molecule has 0 spiro atoms. The number of carbonyl (C=O) groups is 2. The van der Waals surface area contributed by atoms with Crippen LogP contribution in [0.4, 0.5) is 13.2 Å². The van der Waals surface area contributed by atoms with Crippen molar-refractivity contribution < 1.29 is 27.5 Å². The molecule has 0 amide bonds. The molecule has 0 unspecified atom stereocenters. The Morgan fingerprint density at radius 2 is 1.85 bits per heavy atom. The molecule has 0 bridgehead atoms. The van der Waals surface area contributed by atoms with E-state index in [0.29, 0.717) is 10.9 Å². The first-order valence-corrected chi connectivity index (χ1v) is 7.69. The van der Waals surface area contributed by atoms with Crippen molar-refractivity contribution in [1.82, 2.24) is 9.78 Å². The standard InChI is InChI=1S/C18H13F3N2O3/c1-2-26-17(25)15-13-8-3-4-9-14(13)23(22-15)16(24)11-6-5-7-12(10-11)18(19,20)21/h3-10H,2H2,1H3. The number of rotatable bonds is 3. The van der Waals surface area contributed by atoms with Crippen LogP contribution in [-0.4, -0.2) is 28.3 Å². The Morgan fingerprint density at radius 3 is 2.54 bits per heavy atom. The van der Waals surface area contributed by atoms with Crippen LogP contribution >= 0.6 is 0 Å². The second-order valence-corrected chi connectivity index (χ2v) is 5.38. The maximum Gasteiger partial charge on any atom is 0.416 e. The van der Waals surface area contributed by atoms with E-state index < -0.39 is 23.6 Å². The highest BCUT2D eigenvalue weighted by molar-refractivity contribution is 6.07. The largest absolute Gasteiger partial charge is 0.461 e. The van der Waals surface area contributed by atoms with Gasteiger partial charge in [-0.2, -0.15) is 23.0 Å². The number of aromatic nitrogens is 2. The summed E-state index contributed by atoms with van der Waals surface area (Å²) in [7, 11) is 0. The van der Waals surface area contributed by atoms with Crippen LogP contribution in [0.5, 0.6) is 0 Å². The zero-order valence-electron chi connectivity index (χ0n) is 13.6. The molecule has 0 fully saturated rings. The van der Waals surface area contributed by atoms with Crippen molar-refractivity contribution in [2.45, 2.75) is 13.1 Å². The summed E-state index contributed by atoms with van der Waals surface area (Å²) in [4.78, 5) is 24.8. The van der Waals surface area contributed by atoms with Crippen molar-refractivity contribution in [3.05, 3.63) is 65.4 Å². The summed E-state index contributed by atoms with van der Waals surface area (Å²) >= 11 is 0. The van der Waals surface area contributed by atoms with E-state index in [2.05, 4.69) is 5.10 Å². The van der Waals surface area contributed by atoms with Gasteiger partial charge in [-0.05, 0) is 31.2 Å². The summed E-state index contributed by atoms with van der Waals surface area (Å²) in [6.45, 7) is 1.76. The van der Waals surface area contributed by atoms with E-state index in [1.54, 1.807) is 31.2 Å². The number of para-hydroxylation sites is 1. The molecule has 3 aromatic rings. The van der Waals surface area contributed by atoms with Crippen molar-refractivity contribution >= 4 is 22.8 Å². The van der Waals surface area contributed by atoms with E-state index in [1.807, 2.05) is 0 Å². The maximum atomic E-state index is 12.9. The molecule has 0 atom stereocenters. The van der Waals surface area contributed by atoms with E-state index >= 15 is 0 Å². The van der Waals surface area contributed by atoms with Crippen LogP contribution in [0, 0.1) is 0 Å². The predicted molar refractivity (Wildman–Crippen MR) is 86.9 cm³/mol. The molecule has 1 aromatic heterocycles. The molecule has 0 aliphatic heterocycles. The van der Waals surface area contributed by atoms with E-state index in [1.165, 1.54) is 6.07 Å². The monoisotopic (exact) mass is 362 g/mol. The first-order valence-electron chi connectivity index (χ1n) is 7.69. The second-order valence-electron chi connectivity index (χ2n) is 5.38. The fraction of sp³-hybridized carbons (Fsp3) is 0.167. The fourth-order valence-electron chi connectivity index (χ4n) is 2.52. The van der Waals surface area contributed by atoms with Crippen molar-refractivity contribution in [3.63, 3.8) is 0 Å². The highest BCUT2D eigenvalue weighted by atomic mass is 19.4. The highest BCUT2D eigenvalue weighted by Crippen LogP contribution is 2.30. The van der Waals surface area contributed by atoms with Gasteiger partial charge in [-0.25, -0.2) is 4.79 Å². The van der Waals surface area contributed by atoms with Crippen LogP contribution in [-0.2, 0) is 10.9 Å². The Morgan fingerprint density at radius 1 is 1.12 bits per heavy atom. The van der Waals surface area contributed by atoms with Crippen LogP contribution in [0.3, 0.4) is 0 Å². The number of benzene rings is 2. The molecule has 134 valence electrons. The third kappa shape index (κ3) is 3.17. The number of fused-ring (bicyclic) bond motifs is 1. The van der Waals surface area contributed by atoms with Gasteiger partial charge in [0.05, 0.1) is 17.7 Å². The smallest absolute Gasteiger partial charge is 0.416 e. The van der Waals surface area contributed by atoms with Crippen LogP contribution in [0.2, 0.25) is 0 Å². The maximum absolute atomic E-state index is 12.9. The molecule has 3 rings (SSSR count).